The molecule has 4 heteroatoms. The molecule has 2 N–H and O–H groups in total. The first-order chi connectivity index (χ1) is 9.06. The van der Waals surface area contributed by atoms with Crippen LogP contribution in [0, 0.1) is 5.82 Å². The highest BCUT2D eigenvalue weighted by Gasteiger charge is 2.19. The normalized spacial score (nSPS) is 17.6. The fourth-order valence-electron chi connectivity index (χ4n) is 2.21. The Bertz CT molecular complexity index is 491. The van der Waals surface area contributed by atoms with Gasteiger partial charge in [-0.1, -0.05) is 12.1 Å². The minimum Gasteiger partial charge on any atom is -0.339 e. The van der Waals surface area contributed by atoms with Crippen molar-refractivity contribution in [3.05, 3.63) is 41.7 Å². The molecule has 1 aromatic rings. The van der Waals surface area contributed by atoms with Crippen molar-refractivity contribution in [2.75, 3.05) is 13.1 Å². The van der Waals surface area contributed by atoms with E-state index in [-0.39, 0.29) is 17.8 Å². The van der Waals surface area contributed by atoms with E-state index in [9.17, 15) is 9.18 Å². The number of nitrogens with zero attached hydrogens (tertiary/aromatic N) is 1. The second kappa shape index (κ2) is 5.97. The van der Waals surface area contributed by atoms with Gasteiger partial charge in [0.15, 0.2) is 0 Å². The van der Waals surface area contributed by atoms with Crippen LogP contribution in [-0.2, 0) is 4.79 Å². The van der Waals surface area contributed by atoms with E-state index in [1.807, 2.05) is 6.92 Å². The van der Waals surface area contributed by atoms with Crippen LogP contribution in [0.1, 0.15) is 25.3 Å². The van der Waals surface area contributed by atoms with E-state index in [1.165, 1.54) is 12.1 Å². The Balaban J connectivity index is 2.06. The van der Waals surface area contributed by atoms with Gasteiger partial charge in [-0.05, 0) is 43.0 Å². The number of carbonyl (C=O) groups excluding carboxylic acids is 1. The third-order valence-corrected chi connectivity index (χ3v) is 3.47. The van der Waals surface area contributed by atoms with E-state index < -0.39 is 0 Å². The van der Waals surface area contributed by atoms with E-state index >= 15 is 0 Å². The zero-order chi connectivity index (χ0) is 13.8. The summed E-state index contributed by atoms with van der Waals surface area (Å²) in [6.07, 6.45) is 3.27. The first kappa shape index (κ1) is 13.7. The van der Waals surface area contributed by atoms with Gasteiger partial charge in [0.2, 0.25) is 5.91 Å². The van der Waals surface area contributed by atoms with Crippen molar-refractivity contribution in [2.45, 2.75) is 25.8 Å². The van der Waals surface area contributed by atoms with Gasteiger partial charge >= 0.3 is 0 Å². The quantitative estimate of drug-likeness (QED) is 0.830. The molecule has 1 amide bonds. The molecule has 0 aliphatic carbocycles. The minimum absolute atomic E-state index is 0.0198. The van der Waals surface area contributed by atoms with Crippen LogP contribution >= 0.6 is 0 Å². The lowest BCUT2D eigenvalue weighted by Gasteiger charge is -2.29. The van der Waals surface area contributed by atoms with Gasteiger partial charge in [0.25, 0.3) is 0 Å². The number of benzene rings is 1. The number of carbonyl (C=O) groups is 1. The largest absolute Gasteiger partial charge is 0.339 e. The molecule has 0 saturated carbocycles. The highest BCUT2D eigenvalue weighted by molar-refractivity contribution is 5.94. The molecule has 1 heterocycles. The van der Waals surface area contributed by atoms with Crippen LogP contribution in [0.3, 0.4) is 0 Å². The van der Waals surface area contributed by atoms with E-state index in [2.05, 4.69) is 0 Å². The van der Waals surface area contributed by atoms with E-state index in [0.29, 0.717) is 13.1 Å². The van der Waals surface area contributed by atoms with Crippen LogP contribution in [0.5, 0.6) is 0 Å². The number of halogens is 1. The molecule has 1 aromatic carbocycles. The van der Waals surface area contributed by atoms with E-state index in [1.54, 1.807) is 23.1 Å². The summed E-state index contributed by atoms with van der Waals surface area (Å²) in [5.41, 5.74) is 7.33. The lowest BCUT2D eigenvalue weighted by Crippen LogP contribution is -2.42. The summed E-state index contributed by atoms with van der Waals surface area (Å²) in [7, 11) is 0. The fourth-order valence-corrected chi connectivity index (χ4v) is 2.21. The lowest BCUT2D eigenvalue weighted by atomic mass is 10.0. The summed E-state index contributed by atoms with van der Waals surface area (Å²) < 4.78 is 13.1. The van der Waals surface area contributed by atoms with Crippen molar-refractivity contribution in [2.24, 2.45) is 5.73 Å². The van der Waals surface area contributed by atoms with Gasteiger partial charge in [0.05, 0.1) is 0 Å². The minimum atomic E-state index is -0.290. The number of rotatable bonds is 2. The molecule has 0 bridgehead atoms. The molecule has 0 aromatic heterocycles. The zero-order valence-corrected chi connectivity index (χ0v) is 11.1. The first-order valence-corrected chi connectivity index (χ1v) is 6.55. The van der Waals surface area contributed by atoms with Crippen LogP contribution < -0.4 is 5.73 Å². The van der Waals surface area contributed by atoms with Gasteiger partial charge in [0, 0.05) is 25.2 Å². The summed E-state index contributed by atoms with van der Waals surface area (Å²) in [5, 5.41) is 0. The second-order valence-corrected chi connectivity index (χ2v) is 5.00. The van der Waals surface area contributed by atoms with Crippen molar-refractivity contribution < 1.29 is 9.18 Å². The summed E-state index contributed by atoms with van der Waals surface area (Å²) in [4.78, 5) is 13.9. The Morgan fingerprint density at radius 3 is 2.74 bits per heavy atom. The number of piperidine rings is 1. The molecule has 102 valence electrons. The molecule has 0 spiro atoms. The monoisotopic (exact) mass is 262 g/mol. The van der Waals surface area contributed by atoms with Gasteiger partial charge < -0.3 is 10.6 Å². The van der Waals surface area contributed by atoms with Crippen molar-refractivity contribution >= 4 is 11.5 Å². The maximum Gasteiger partial charge on any atom is 0.246 e. The molecule has 19 heavy (non-hydrogen) atoms. The first-order valence-electron chi connectivity index (χ1n) is 6.55. The van der Waals surface area contributed by atoms with Crippen molar-refractivity contribution in [1.82, 2.24) is 4.90 Å². The molecule has 0 atom stereocenters. The number of allylic oxidation sites excluding steroid dienone is 1. The second-order valence-electron chi connectivity index (χ2n) is 5.00. The number of hydrogen-bond donors (Lipinski definition) is 1. The summed E-state index contributed by atoms with van der Waals surface area (Å²) in [6.45, 7) is 3.22. The SMILES string of the molecule is C/C(=C\C(=O)N1CCC(N)CC1)c1cccc(F)c1. The maximum atomic E-state index is 13.1. The molecule has 0 radical (unpaired) electrons. The number of nitrogens with two attached hydrogens (primary N) is 1. The van der Waals surface area contributed by atoms with Gasteiger partial charge in [0.1, 0.15) is 5.82 Å². The van der Waals surface area contributed by atoms with Crippen LogP contribution in [0.25, 0.3) is 5.57 Å². The topological polar surface area (TPSA) is 46.3 Å². The van der Waals surface area contributed by atoms with Gasteiger partial charge in [-0.2, -0.15) is 0 Å². The fraction of sp³-hybridized carbons (Fsp3) is 0.400. The molecule has 0 unspecified atom stereocenters. The van der Waals surface area contributed by atoms with Crippen LogP contribution in [-0.4, -0.2) is 29.9 Å². The molecular weight excluding hydrogens is 243 g/mol. The van der Waals surface area contributed by atoms with Gasteiger partial charge in [-0.15, -0.1) is 0 Å². The van der Waals surface area contributed by atoms with E-state index in [0.717, 1.165) is 24.0 Å². The molecule has 2 rings (SSSR count). The van der Waals surface area contributed by atoms with Crippen LogP contribution in [0.15, 0.2) is 30.3 Å². The lowest BCUT2D eigenvalue weighted by molar-refractivity contribution is -0.126. The maximum absolute atomic E-state index is 13.1. The third-order valence-electron chi connectivity index (χ3n) is 3.47. The number of likely N-dealkylation sites (tertiary alicyclic amines) is 1. The summed E-state index contributed by atoms with van der Waals surface area (Å²) in [5.74, 6) is -0.310. The van der Waals surface area contributed by atoms with Crippen molar-refractivity contribution in [1.29, 1.82) is 0 Å². The average molecular weight is 262 g/mol. The Kier molecular flexibility index (Phi) is 4.32. The molecule has 1 aliphatic heterocycles. The Hall–Kier alpha value is -1.68. The molecule has 1 aliphatic rings. The molecule has 3 nitrogen and oxygen atoms in total. The Morgan fingerprint density at radius 1 is 1.42 bits per heavy atom. The van der Waals surface area contributed by atoms with Crippen LogP contribution in [0.4, 0.5) is 4.39 Å². The Morgan fingerprint density at radius 2 is 2.11 bits per heavy atom. The highest BCUT2D eigenvalue weighted by atomic mass is 19.1. The Labute approximate surface area is 112 Å². The standard InChI is InChI=1S/C15H19FN2O/c1-11(12-3-2-4-13(16)10-12)9-15(19)18-7-5-14(17)6-8-18/h2-4,9-10,14H,5-8,17H2,1H3/b11-9+. The van der Waals surface area contributed by atoms with Gasteiger partial charge in [-0.25, -0.2) is 4.39 Å². The predicted molar refractivity (Wildman–Crippen MR) is 73.8 cm³/mol. The summed E-state index contributed by atoms with van der Waals surface area (Å²) in [6, 6.07) is 6.48. The third kappa shape index (κ3) is 3.64. The summed E-state index contributed by atoms with van der Waals surface area (Å²) >= 11 is 0. The predicted octanol–water partition coefficient (Wildman–Crippen LogP) is 2.18. The van der Waals surface area contributed by atoms with Crippen molar-refractivity contribution in [3.8, 4) is 0 Å². The van der Waals surface area contributed by atoms with E-state index in [4.69, 9.17) is 5.73 Å². The number of hydrogen-bond acceptors (Lipinski definition) is 2. The highest BCUT2D eigenvalue weighted by Crippen LogP contribution is 2.16. The van der Waals surface area contributed by atoms with Gasteiger partial charge in [-0.3, -0.25) is 4.79 Å². The van der Waals surface area contributed by atoms with Crippen LogP contribution in [0.2, 0.25) is 0 Å². The molecule has 1 saturated heterocycles. The van der Waals surface area contributed by atoms with Crippen molar-refractivity contribution in [3.63, 3.8) is 0 Å². The smallest absolute Gasteiger partial charge is 0.246 e. The average Bonchev–Trinajstić information content (AvgIpc) is 2.39. The molecule has 1 fully saturated rings. The molecular formula is C15H19FN2O. The number of amides is 1. The zero-order valence-electron chi connectivity index (χ0n) is 11.1.